The van der Waals surface area contributed by atoms with E-state index >= 15 is 0 Å². The fraction of sp³-hybridized carbons (Fsp3) is 0.423. The van der Waals surface area contributed by atoms with Crippen molar-refractivity contribution < 1.29 is 0 Å². The molecule has 5 rings (SSSR count). The predicted molar refractivity (Wildman–Crippen MR) is 121 cm³/mol. The van der Waals surface area contributed by atoms with Crippen LogP contribution in [0.15, 0.2) is 60.7 Å². The first-order chi connectivity index (χ1) is 14.4. The Labute approximate surface area is 174 Å². The van der Waals surface area contributed by atoms with Crippen LogP contribution in [0.25, 0.3) is 22.2 Å². The maximum atomic E-state index is 5.06. The lowest BCUT2D eigenvalue weighted by molar-refractivity contribution is 0.0897. The summed E-state index contributed by atoms with van der Waals surface area (Å²) in [5.74, 6) is 0. The number of aromatic nitrogens is 1. The van der Waals surface area contributed by atoms with Crippen molar-refractivity contribution >= 4 is 10.9 Å². The van der Waals surface area contributed by atoms with Gasteiger partial charge in [0.05, 0.1) is 11.2 Å². The number of fused-ring (bicyclic) bond motifs is 1. The van der Waals surface area contributed by atoms with Crippen molar-refractivity contribution in [1.82, 2.24) is 14.8 Å². The van der Waals surface area contributed by atoms with Gasteiger partial charge >= 0.3 is 0 Å². The molecule has 3 nitrogen and oxygen atoms in total. The maximum absolute atomic E-state index is 5.06. The molecule has 0 amide bonds. The fourth-order valence-corrected chi connectivity index (χ4v) is 5.09. The van der Waals surface area contributed by atoms with Gasteiger partial charge in [-0.25, -0.2) is 4.98 Å². The molecule has 3 heterocycles. The standard InChI is InChI=1S/C26H31N3/c1-3-9-21(10-4-1)26-23(19-22-11-5-6-12-25(22)27-26)20-28-17-13-24(14-18-28)29-15-7-2-8-16-29/h1,3-6,9-12,19,24H,2,7-8,13-18,20H2. The van der Waals surface area contributed by atoms with Gasteiger partial charge in [-0.15, -0.1) is 0 Å². The Morgan fingerprint density at radius 2 is 1.52 bits per heavy atom. The molecule has 150 valence electrons. The topological polar surface area (TPSA) is 19.4 Å². The summed E-state index contributed by atoms with van der Waals surface area (Å²) < 4.78 is 0. The minimum atomic E-state index is 0.801. The Morgan fingerprint density at radius 1 is 0.793 bits per heavy atom. The molecule has 2 aromatic carbocycles. The SMILES string of the molecule is c1ccc(-c2nc3ccccc3cc2CN2CCC(N3CCCCC3)CC2)cc1. The van der Waals surface area contributed by atoms with E-state index in [-0.39, 0.29) is 0 Å². The lowest BCUT2D eigenvalue weighted by Crippen LogP contribution is -2.46. The number of nitrogens with zero attached hydrogens (tertiary/aromatic N) is 3. The van der Waals surface area contributed by atoms with Crippen LogP contribution >= 0.6 is 0 Å². The van der Waals surface area contributed by atoms with Gasteiger partial charge in [0, 0.05) is 23.5 Å². The van der Waals surface area contributed by atoms with E-state index in [4.69, 9.17) is 4.98 Å². The van der Waals surface area contributed by atoms with E-state index in [0.29, 0.717) is 0 Å². The number of piperidine rings is 2. The van der Waals surface area contributed by atoms with Gasteiger partial charge < -0.3 is 4.90 Å². The van der Waals surface area contributed by atoms with E-state index in [9.17, 15) is 0 Å². The lowest BCUT2D eigenvalue weighted by atomic mass is 9.98. The summed E-state index contributed by atoms with van der Waals surface area (Å²) in [4.78, 5) is 10.5. The fourth-order valence-electron chi connectivity index (χ4n) is 5.09. The minimum Gasteiger partial charge on any atom is -0.300 e. The molecule has 0 bridgehead atoms. The van der Waals surface area contributed by atoms with Crippen LogP contribution in [0.5, 0.6) is 0 Å². The summed E-state index contributed by atoms with van der Waals surface area (Å²) in [5, 5.41) is 1.24. The summed E-state index contributed by atoms with van der Waals surface area (Å²) in [5.41, 5.74) is 4.80. The Balaban J connectivity index is 1.36. The van der Waals surface area contributed by atoms with Crippen molar-refractivity contribution in [2.75, 3.05) is 26.2 Å². The van der Waals surface area contributed by atoms with Crippen molar-refractivity contribution in [3.05, 3.63) is 66.2 Å². The highest BCUT2D eigenvalue weighted by atomic mass is 15.2. The van der Waals surface area contributed by atoms with E-state index in [0.717, 1.165) is 23.8 Å². The van der Waals surface area contributed by atoms with Crippen molar-refractivity contribution in [3.8, 4) is 11.3 Å². The number of likely N-dealkylation sites (tertiary alicyclic amines) is 2. The molecule has 2 aliphatic rings. The molecule has 3 heteroatoms. The van der Waals surface area contributed by atoms with Crippen LogP contribution in [-0.4, -0.2) is 47.0 Å². The van der Waals surface area contributed by atoms with Crippen molar-refractivity contribution in [3.63, 3.8) is 0 Å². The molecule has 0 atom stereocenters. The molecule has 0 radical (unpaired) electrons. The van der Waals surface area contributed by atoms with Crippen molar-refractivity contribution in [1.29, 1.82) is 0 Å². The highest BCUT2D eigenvalue weighted by molar-refractivity contribution is 5.83. The molecule has 0 unspecified atom stereocenters. The Kier molecular flexibility index (Phi) is 5.60. The molecule has 1 aromatic heterocycles. The molecule has 3 aromatic rings. The Hall–Kier alpha value is -2.23. The van der Waals surface area contributed by atoms with Crippen molar-refractivity contribution in [2.24, 2.45) is 0 Å². The molecule has 0 aliphatic carbocycles. The smallest absolute Gasteiger partial charge is 0.0754 e. The first-order valence-corrected chi connectivity index (χ1v) is 11.3. The van der Waals surface area contributed by atoms with Crippen LogP contribution in [0.2, 0.25) is 0 Å². The zero-order valence-corrected chi connectivity index (χ0v) is 17.3. The number of pyridine rings is 1. The third-order valence-corrected chi connectivity index (χ3v) is 6.71. The van der Waals surface area contributed by atoms with Crippen LogP contribution in [0.3, 0.4) is 0 Å². The van der Waals surface area contributed by atoms with Crippen molar-refractivity contribution in [2.45, 2.75) is 44.7 Å². The number of hydrogen-bond acceptors (Lipinski definition) is 3. The molecular formula is C26H31N3. The van der Waals surface area contributed by atoms with Gasteiger partial charge in [-0.2, -0.15) is 0 Å². The largest absolute Gasteiger partial charge is 0.300 e. The molecule has 0 N–H and O–H groups in total. The van der Waals surface area contributed by atoms with Gasteiger partial charge in [0.25, 0.3) is 0 Å². The second-order valence-electron chi connectivity index (χ2n) is 8.66. The molecule has 2 fully saturated rings. The number of para-hydroxylation sites is 1. The van der Waals surface area contributed by atoms with Crippen LogP contribution in [0, 0.1) is 0 Å². The maximum Gasteiger partial charge on any atom is 0.0754 e. The van der Waals surface area contributed by atoms with Crippen LogP contribution in [-0.2, 0) is 6.54 Å². The van der Waals surface area contributed by atoms with Gasteiger partial charge in [0.1, 0.15) is 0 Å². The van der Waals surface area contributed by atoms with Gasteiger partial charge in [-0.3, -0.25) is 4.90 Å². The minimum absolute atomic E-state index is 0.801. The highest BCUT2D eigenvalue weighted by Gasteiger charge is 2.26. The zero-order chi connectivity index (χ0) is 19.5. The Bertz CT molecular complexity index is 939. The second-order valence-corrected chi connectivity index (χ2v) is 8.66. The van der Waals surface area contributed by atoms with E-state index in [2.05, 4.69) is 70.5 Å². The summed E-state index contributed by atoms with van der Waals surface area (Å²) in [6.07, 6.45) is 6.82. The summed E-state index contributed by atoms with van der Waals surface area (Å²) in [7, 11) is 0. The van der Waals surface area contributed by atoms with Gasteiger partial charge in [0.2, 0.25) is 0 Å². The molecule has 0 spiro atoms. The quantitative estimate of drug-likeness (QED) is 0.603. The van der Waals surface area contributed by atoms with Crippen LogP contribution in [0.1, 0.15) is 37.7 Å². The first kappa shape index (κ1) is 18.8. The highest BCUT2D eigenvalue weighted by Crippen LogP contribution is 2.28. The van der Waals surface area contributed by atoms with E-state index in [1.54, 1.807) is 0 Å². The number of rotatable bonds is 4. The lowest BCUT2D eigenvalue weighted by Gasteiger charge is -2.40. The van der Waals surface area contributed by atoms with Gasteiger partial charge in [-0.1, -0.05) is 55.0 Å². The molecule has 2 saturated heterocycles. The Morgan fingerprint density at radius 3 is 2.31 bits per heavy atom. The number of benzene rings is 2. The van der Waals surface area contributed by atoms with Gasteiger partial charge in [0.15, 0.2) is 0 Å². The molecular weight excluding hydrogens is 354 g/mol. The summed E-state index contributed by atoms with van der Waals surface area (Å²) in [6, 6.07) is 22.3. The first-order valence-electron chi connectivity index (χ1n) is 11.3. The summed E-state index contributed by atoms with van der Waals surface area (Å²) >= 11 is 0. The number of hydrogen-bond donors (Lipinski definition) is 0. The van der Waals surface area contributed by atoms with Crippen LogP contribution < -0.4 is 0 Å². The molecule has 2 aliphatic heterocycles. The van der Waals surface area contributed by atoms with Gasteiger partial charge in [-0.05, 0) is 69.6 Å². The van der Waals surface area contributed by atoms with E-state index in [1.807, 2.05) is 0 Å². The van der Waals surface area contributed by atoms with E-state index in [1.165, 1.54) is 74.8 Å². The second kappa shape index (κ2) is 8.64. The van der Waals surface area contributed by atoms with E-state index < -0.39 is 0 Å². The molecule has 29 heavy (non-hydrogen) atoms. The average Bonchev–Trinajstić information content (AvgIpc) is 2.80. The zero-order valence-electron chi connectivity index (χ0n) is 17.3. The molecule has 0 saturated carbocycles. The monoisotopic (exact) mass is 385 g/mol. The average molecular weight is 386 g/mol. The predicted octanol–water partition coefficient (Wildman–Crippen LogP) is 5.35. The summed E-state index contributed by atoms with van der Waals surface area (Å²) in [6.45, 7) is 6.02. The third kappa shape index (κ3) is 4.22. The normalized spacial score (nSPS) is 19.6. The third-order valence-electron chi connectivity index (χ3n) is 6.71. The van der Waals surface area contributed by atoms with Crippen LogP contribution in [0.4, 0.5) is 0 Å².